The fourth-order valence-corrected chi connectivity index (χ4v) is 5.07. The van der Waals surface area contributed by atoms with Crippen LogP contribution in [0, 0.1) is 0 Å². The standard InChI is InChI=1S/C23H26ClN5OS2/c24-19-8-6-18(7-9-19)16-21-26-23(32-27-21)29-14-12-28(13-15-29)11-10-25-22(30)17-31-20-4-2-1-3-5-20/h1-9H,10-17H2,(H,25,30). The van der Waals surface area contributed by atoms with Crippen LogP contribution in [-0.4, -0.2) is 65.2 Å². The molecule has 1 N–H and O–H groups in total. The van der Waals surface area contributed by atoms with Crippen LogP contribution in [0.3, 0.4) is 0 Å². The van der Waals surface area contributed by atoms with E-state index < -0.39 is 0 Å². The van der Waals surface area contributed by atoms with Crippen LogP contribution >= 0.6 is 34.9 Å². The first-order chi connectivity index (χ1) is 15.7. The average molecular weight is 488 g/mol. The molecule has 2 aromatic carbocycles. The number of thioether (sulfide) groups is 1. The minimum atomic E-state index is 0.0829. The summed E-state index contributed by atoms with van der Waals surface area (Å²) in [5.41, 5.74) is 1.16. The normalized spacial score (nSPS) is 14.5. The van der Waals surface area contributed by atoms with Crippen molar-refractivity contribution in [3.05, 3.63) is 71.0 Å². The molecule has 0 bridgehead atoms. The quantitative estimate of drug-likeness (QED) is 0.463. The van der Waals surface area contributed by atoms with Crippen LogP contribution in [0.4, 0.5) is 5.13 Å². The van der Waals surface area contributed by atoms with Gasteiger partial charge in [0.2, 0.25) is 11.0 Å². The Morgan fingerprint density at radius 3 is 2.56 bits per heavy atom. The largest absolute Gasteiger partial charge is 0.354 e. The fraction of sp³-hybridized carbons (Fsp3) is 0.348. The number of hydrogen-bond acceptors (Lipinski definition) is 7. The number of nitrogens with zero attached hydrogens (tertiary/aromatic N) is 4. The van der Waals surface area contributed by atoms with Gasteiger partial charge >= 0.3 is 0 Å². The number of carbonyl (C=O) groups excluding carboxylic acids is 1. The number of carbonyl (C=O) groups is 1. The first-order valence-electron chi connectivity index (χ1n) is 10.6. The van der Waals surface area contributed by atoms with Crippen molar-refractivity contribution in [1.82, 2.24) is 19.6 Å². The van der Waals surface area contributed by atoms with Gasteiger partial charge in [-0.05, 0) is 29.8 Å². The highest BCUT2D eigenvalue weighted by Crippen LogP contribution is 2.21. The van der Waals surface area contributed by atoms with Crippen molar-refractivity contribution in [2.45, 2.75) is 11.3 Å². The summed E-state index contributed by atoms with van der Waals surface area (Å²) in [6.07, 6.45) is 0.718. The van der Waals surface area contributed by atoms with Crippen molar-refractivity contribution >= 4 is 45.9 Å². The Morgan fingerprint density at radius 2 is 1.81 bits per heavy atom. The maximum Gasteiger partial charge on any atom is 0.230 e. The molecule has 1 aliphatic rings. The monoisotopic (exact) mass is 487 g/mol. The highest BCUT2D eigenvalue weighted by Gasteiger charge is 2.20. The third-order valence-electron chi connectivity index (χ3n) is 5.24. The van der Waals surface area contributed by atoms with Gasteiger partial charge in [-0.1, -0.05) is 41.9 Å². The first-order valence-corrected chi connectivity index (χ1v) is 12.8. The Labute approximate surface area is 202 Å². The molecule has 168 valence electrons. The van der Waals surface area contributed by atoms with Crippen LogP contribution in [0.1, 0.15) is 11.4 Å². The Kier molecular flexibility index (Phi) is 8.39. The number of hydrogen-bond donors (Lipinski definition) is 1. The second kappa shape index (κ2) is 11.7. The lowest BCUT2D eigenvalue weighted by Crippen LogP contribution is -2.48. The van der Waals surface area contributed by atoms with E-state index in [4.69, 9.17) is 16.6 Å². The van der Waals surface area contributed by atoms with Crippen LogP contribution in [0.15, 0.2) is 59.5 Å². The molecule has 6 nitrogen and oxygen atoms in total. The lowest BCUT2D eigenvalue weighted by atomic mass is 10.1. The molecule has 3 aromatic rings. The van der Waals surface area contributed by atoms with Gasteiger partial charge in [-0.3, -0.25) is 9.69 Å². The van der Waals surface area contributed by atoms with Crippen LogP contribution in [0.25, 0.3) is 0 Å². The molecule has 32 heavy (non-hydrogen) atoms. The van der Waals surface area contributed by atoms with Gasteiger partial charge < -0.3 is 10.2 Å². The number of benzene rings is 2. The summed E-state index contributed by atoms with van der Waals surface area (Å²) >= 11 is 8.99. The molecule has 1 fully saturated rings. The molecule has 0 aliphatic carbocycles. The molecule has 0 spiro atoms. The van der Waals surface area contributed by atoms with Crippen molar-refractivity contribution in [2.75, 3.05) is 49.9 Å². The molecular formula is C23H26ClN5OS2. The predicted octanol–water partition coefficient (Wildman–Crippen LogP) is 3.81. The average Bonchev–Trinajstić information content (AvgIpc) is 3.29. The van der Waals surface area contributed by atoms with Gasteiger partial charge in [0, 0.05) is 67.1 Å². The second-order valence-electron chi connectivity index (χ2n) is 7.58. The Balaban J connectivity index is 1.14. The Morgan fingerprint density at radius 1 is 1.06 bits per heavy atom. The predicted molar refractivity (Wildman–Crippen MR) is 133 cm³/mol. The summed E-state index contributed by atoms with van der Waals surface area (Å²) in [6, 6.07) is 17.8. The van der Waals surface area contributed by atoms with Crippen LogP contribution in [0.5, 0.6) is 0 Å². The Bertz CT molecular complexity index is 991. The highest BCUT2D eigenvalue weighted by atomic mass is 35.5. The summed E-state index contributed by atoms with van der Waals surface area (Å²) in [5, 5.41) is 4.76. The van der Waals surface area contributed by atoms with Gasteiger partial charge in [0.15, 0.2) is 0 Å². The number of halogens is 1. The van der Waals surface area contributed by atoms with Gasteiger partial charge in [-0.2, -0.15) is 4.37 Å². The summed E-state index contributed by atoms with van der Waals surface area (Å²) in [6.45, 7) is 5.31. The van der Waals surface area contributed by atoms with E-state index in [1.54, 1.807) is 11.8 Å². The van der Waals surface area contributed by atoms with Crippen molar-refractivity contribution in [3.63, 3.8) is 0 Å². The lowest BCUT2D eigenvalue weighted by Gasteiger charge is -2.34. The molecule has 0 saturated carbocycles. The summed E-state index contributed by atoms with van der Waals surface area (Å²) in [4.78, 5) is 22.6. The van der Waals surface area contributed by atoms with E-state index in [1.165, 1.54) is 11.5 Å². The molecule has 0 atom stereocenters. The smallest absolute Gasteiger partial charge is 0.230 e. The number of amides is 1. The molecule has 2 heterocycles. The fourth-order valence-electron chi connectivity index (χ4n) is 3.46. The van der Waals surface area contributed by atoms with Gasteiger partial charge in [-0.15, -0.1) is 11.8 Å². The van der Waals surface area contributed by atoms with Gasteiger partial charge in [0.05, 0.1) is 5.75 Å². The molecule has 1 aromatic heterocycles. The topological polar surface area (TPSA) is 61.4 Å². The van der Waals surface area contributed by atoms with E-state index in [-0.39, 0.29) is 5.91 Å². The zero-order chi connectivity index (χ0) is 22.2. The summed E-state index contributed by atoms with van der Waals surface area (Å²) < 4.78 is 4.53. The third kappa shape index (κ3) is 6.93. The zero-order valence-electron chi connectivity index (χ0n) is 17.7. The molecular weight excluding hydrogens is 462 g/mol. The minimum Gasteiger partial charge on any atom is -0.354 e. The van der Waals surface area contributed by atoms with Crippen molar-refractivity contribution in [1.29, 1.82) is 0 Å². The van der Waals surface area contributed by atoms with E-state index in [0.717, 1.165) is 65.6 Å². The summed E-state index contributed by atoms with van der Waals surface area (Å²) in [7, 11) is 0. The minimum absolute atomic E-state index is 0.0829. The maximum atomic E-state index is 12.1. The van der Waals surface area contributed by atoms with E-state index in [9.17, 15) is 4.79 Å². The van der Waals surface area contributed by atoms with Crippen molar-refractivity contribution in [2.24, 2.45) is 0 Å². The molecule has 0 unspecified atom stereocenters. The number of piperazine rings is 1. The van der Waals surface area contributed by atoms with Crippen molar-refractivity contribution < 1.29 is 4.79 Å². The molecule has 4 rings (SSSR count). The van der Waals surface area contributed by atoms with Gasteiger partial charge in [-0.25, -0.2) is 4.98 Å². The van der Waals surface area contributed by atoms with Crippen LogP contribution in [-0.2, 0) is 11.2 Å². The van der Waals surface area contributed by atoms with E-state index in [2.05, 4.69) is 19.5 Å². The summed E-state index contributed by atoms with van der Waals surface area (Å²) in [5.74, 6) is 1.39. The Hall–Kier alpha value is -2.13. The van der Waals surface area contributed by atoms with E-state index in [1.807, 2.05) is 54.6 Å². The third-order valence-corrected chi connectivity index (χ3v) is 7.32. The van der Waals surface area contributed by atoms with Crippen molar-refractivity contribution in [3.8, 4) is 0 Å². The SMILES string of the molecule is O=C(CSc1ccccc1)NCCN1CCN(c2nc(Cc3ccc(Cl)cc3)ns2)CC1. The number of aromatic nitrogens is 2. The number of rotatable bonds is 9. The number of nitrogens with one attached hydrogen (secondary N) is 1. The van der Waals surface area contributed by atoms with E-state index in [0.29, 0.717) is 12.3 Å². The van der Waals surface area contributed by atoms with Crippen LogP contribution in [0.2, 0.25) is 5.02 Å². The van der Waals surface area contributed by atoms with E-state index >= 15 is 0 Å². The number of anilines is 1. The zero-order valence-corrected chi connectivity index (χ0v) is 20.1. The molecule has 1 aliphatic heterocycles. The van der Waals surface area contributed by atoms with Gasteiger partial charge in [0.25, 0.3) is 0 Å². The first kappa shape index (κ1) is 23.0. The maximum absolute atomic E-state index is 12.1. The molecule has 9 heteroatoms. The molecule has 1 amide bonds. The molecule has 1 saturated heterocycles. The van der Waals surface area contributed by atoms with Crippen LogP contribution < -0.4 is 10.2 Å². The molecule has 0 radical (unpaired) electrons. The highest BCUT2D eigenvalue weighted by molar-refractivity contribution is 8.00. The van der Waals surface area contributed by atoms with Gasteiger partial charge in [0.1, 0.15) is 5.82 Å². The second-order valence-corrected chi connectivity index (χ2v) is 9.79. The lowest BCUT2D eigenvalue weighted by molar-refractivity contribution is -0.118.